The largest absolute Gasteiger partial charge is 0.481 e. The second-order valence-corrected chi connectivity index (χ2v) is 6.74. The molecule has 2 amide bonds. The molecular weight excluding hydrogens is 310 g/mol. The van der Waals surface area contributed by atoms with Crippen molar-refractivity contribution in [1.82, 2.24) is 24.9 Å². The van der Waals surface area contributed by atoms with E-state index in [2.05, 4.69) is 15.3 Å². The van der Waals surface area contributed by atoms with Gasteiger partial charge in [0.2, 0.25) is 17.7 Å². The highest BCUT2D eigenvalue weighted by Crippen LogP contribution is 2.25. The zero-order chi connectivity index (χ0) is 17.4. The summed E-state index contributed by atoms with van der Waals surface area (Å²) in [4.78, 5) is 28.6. The molecule has 0 aliphatic carbocycles. The molecule has 2 aliphatic heterocycles. The summed E-state index contributed by atoms with van der Waals surface area (Å²) in [6.07, 6.45) is 0.301. The molecule has 1 N–H and O–H groups in total. The molecule has 1 atom stereocenters. The molecule has 0 bridgehead atoms. The van der Waals surface area contributed by atoms with Crippen LogP contribution < -0.4 is 10.1 Å². The molecule has 8 nitrogen and oxygen atoms in total. The first kappa shape index (κ1) is 16.8. The van der Waals surface area contributed by atoms with Gasteiger partial charge < -0.3 is 19.9 Å². The minimum absolute atomic E-state index is 0.0798. The maximum absolute atomic E-state index is 12.5. The number of nitrogens with zero attached hydrogens (tertiary/aromatic N) is 4. The van der Waals surface area contributed by atoms with Crippen LogP contribution in [0.4, 0.5) is 0 Å². The third-order valence-corrected chi connectivity index (χ3v) is 4.94. The van der Waals surface area contributed by atoms with Crippen molar-refractivity contribution in [3.8, 4) is 5.88 Å². The number of methoxy groups -OCH3 is 1. The quantitative estimate of drug-likeness (QED) is 0.786. The molecule has 2 saturated heterocycles. The van der Waals surface area contributed by atoms with Crippen molar-refractivity contribution < 1.29 is 14.3 Å². The Morgan fingerprint density at radius 2 is 2.04 bits per heavy atom. The lowest BCUT2D eigenvalue weighted by Crippen LogP contribution is -2.58. The Labute approximate surface area is 141 Å². The lowest BCUT2D eigenvalue weighted by atomic mass is 10.1. The monoisotopic (exact) mass is 335 g/mol. The van der Waals surface area contributed by atoms with Gasteiger partial charge in [-0.25, -0.2) is 4.68 Å². The molecule has 0 spiro atoms. The summed E-state index contributed by atoms with van der Waals surface area (Å²) >= 11 is 0. The van der Waals surface area contributed by atoms with Gasteiger partial charge in [0.05, 0.1) is 30.3 Å². The van der Waals surface area contributed by atoms with Crippen LogP contribution in [0, 0.1) is 12.8 Å². The summed E-state index contributed by atoms with van der Waals surface area (Å²) in [5.41, 5.74) is 1.70. The molecule has 0 radical (unpaired) electrons. The van der Waals surface area contributed by atoms with Crippen molar-refractivity contribution in [1.29, 1.82) is 0 Å². The fourth-order valence-electron chi connectivity index (χ4n) is 3.58. The second kappa shape index (κ2) is 6.43. The van der Waals surface area contributed by atoms with E-state index in [0.717, 1.165) is 24.3 Å². The summed E-state index contributed by atoms with van der Waals surface area (Å²) in [6, 6.07) is 0.265. The molecule has 2 fully saturated rings. The molecule has 0 aromatic carbocycles. The fourth-order valence-corrected chi connectivity index (χ4v) is 3.58. The second-order valence-electron chi connectivity index (χ2n) is 6.74. The molecule has 3 rings (SSSR count). The topological polar surface area (TPSA) is 79.7 Å². The highest BCUT2D eigenvalue weighted by molar-refractivity contribution is 5.89. The molecule has 8 heteroatoms. The number of carbonyl (C=O) groups excluding carboxylic acids is 2. The maximum Gasteiger partial charge on any atom is 0.225 e. The zero-order valence-corrected chi connectivity index (χ0v) is 14.7. The van der Waals surface area contributed by atoms with Gasteiger partial charge in [0.1, 0.15) is 0 Å². The van der Waals surface area contributed by atoms with E-state index in [-0.39, 0.29) is 23.8 Å². The van der Waals surface area contributed by atoms with Crippen molar-refractivity contribution in [3.05, 3.63) is 11.3 Å². The molecule has 3 heterocycles. The van der Waals surface area contributed by atoms with Gasteiger partial charge in [-0.1, -0.05) is 0 Å². The number of amides is 2. The fraction of sp³-hybridized carbons (Fsp3) is 0.688. The number of rotatable bonds is 5. The van der Waals surface area contributed by atoms with E-state index in [9.17, 15) is 9.59 Å². The summed E-state index contributed by atoms with van der Waals surface area (Å²) in [5.74, 6) is 0.382. The summed E-state index contributed by atoms with van der Waals surface area (Å²) in [7, 11) is 5.43. The molecule has 24 heavy (non-hydrogen) atoms. The lowest BCUT2D eigenvalue weighted by Gasteiger charge is -2.42. The number of carbonyl (C=O) groups is 2. The number of nitrogens with one attached hydrogen (secondary N) is 1. The van der Waals surface area contributed by atoms with Gasteiger partial charge in [0.25, 0.3) is 0 Å². The lowest BCUT2D eigenvalue weighted by molar-refractivity contribution is -0.132. The third kappa shape index (κ3) is 2.98. The number of hydrogen-bond acceptors (Lipinski definition) is 5. The van der Waals surface area contributed by atoms with Crippen LogP contribution in [0.15, 0.2) is 0 Å². The Kier molecular flexibility index (Phi) is 4.49. The standard InChI is InChI=1S/C16H25N5O3/c1-10-13(16(24-4)20(3)18-10)6-17-15(23)11-5-14(22)21(7-11)12-8-19(2)9-12/h11-12H,5-9H2,1-4H3,(H,17,23). The predicted octanol–water partition coefficient (Wildman–Crippen LogP) is -0.484. The van der Waals surface area contributed by atoms with Crippen molar-refractivity contribution in [2.45, 2.75) is 25.9 Å². The van der Waals surface area contributed by atoms with E-state index in [1.165, 1.54) is 0 Å². The van der Waals surface area contributed by atoms with Crippen LogP contribution in [0.25, 0.3) is 0 Å². The van der Waals surface area contributed by atoms with E-state index >= 15 is 0 Å². The number of hydrogen-bond donors (Lipinski definition) is 1. The van der Waals surface area contributed by atoms with E-state index in [1.807, 2.05) is 18.9 Å². The molecule has 1 aromatic heterocycles. The number of aryl methyl sites for hydroxylation is 2. The first-order valence-electron chi connectivity index (χ1n) is 8.23. The smallest absolute Gasteiger partial charge is 0.225 e. The highest BCUT2D eigenvalue weighted by atomic mass is 16.5. The summed E-state index contributed by atoms with van der Waals surface area (Å²) < 4.78 is 6.99. The number of likely N-dealkylation sites (tertiary alicyclic amines) is 2. The van der Waals surface area contributed by atoms with Crippen LogP contribution in [0.2, 0.25) is 0 Å². The Morgan fingerprint density at radius 3 is 2.67 bits per heavy atom. The van der Waals surface area contributed by atoms with Crippen LogP contribution in [0.5, 0.6) is 5.88 Å². The van der Waals surface area contributed by atoms with Gasteiger partial charge >= 0.3 is 0 Å². The Bertz CT molecular complexity index is 650. The van der Waals surface area contributed by atoms with Gasteiger partial charge in [0, 0.05) is 39.6 Å². The number of likely N-dealkylation sites (N-methyl/N-ethyl adjacent to an activating group) is 1. The van der Waals surface area contributed by atoms with E-state index in [1.54, 1.807) is 18.8 Å². The van der Waals surface area contributed by atoms with Crippen LogP contribution in [-0.2, 0) is 23.2 Å². The normalized spacial score (nSPS) is 21.9. The van der Waals surface area contributed by atoms with E-state index in [0.29, 0.717) is 25.4 Å². The molecule has 2 aliphatic rings. The number of aromatic nitrogens is 2. The average Bonchev–Trinajstić information content (AvgIpc) is 3.01. The summed E-state index contributed by atoms with van der Waals surface area (Å²) in [5, 5.41) is 7.24. The van der Waals surface area contributed by atoms with Gasteiger partial charge in [-0.2, -0.15) is 5.10 Å². The SMILES string of the molecule is COc1c(CNC(=O)C2CC(=O)N(C3CN(C)C3)C2)c(C)nn1C. The van der Waals surface area contributed by atoms with Gasteiger partial charge in [-0.15, -0.1) is 0 Å². The van der Waals surface area contributed by atoms with Crippen molar-refractivity contribution >= 4 is 11.8 Å². The first-order chi connectivity index (χ1) is 11.4. The van der Waals surface area contributed by atoms with Crippen LogP contribution in [-0.4, -0.2) is 71.2 Å². The van der Waals surface area contributed by atoms with Gasteiger partial charge in [-0.3, -0.25) is 9.59 Å². The van der Waals surface area contributed by atoms with Crippen LogP contribution in [0.3, 0.4) is 0 Å². The molecular formula is C16H25N5O3. The highest BCUT2D eigenvalue weighted by Gasteiger charge is 2.41. The van der Waals surface area contributed by atoms with Gasteiger partial charge in [0.15, 0.2) is 0 Å². The molecule has 1 aromatic rings. The zero-order valence-electron chi connectivity index (χ0n) is 14.7. The molecule has 132 valence electrons. The Balaban J connectivity index is 1.57. The third-order valence-electron chi connectivity index (χ3n) is 4.94. The van der Waals surface area contributed by atoms with Crippen LogP contribution in [0.1, 0.15) is 17.7 Å². The minimum atomic E-state index is -0.272. The first-order valence-corrected chi connectivity index (χ1v) is 8.23. The predicted molar refractivity (Wildman–Crippen MR) is 87.4 cm³/mol. The van der Waals surface area contributed by atoms with Crippen molar-refractivity contribution in [2.24, 2.45) is 13.0 Å². The molecule has 1 unspecified atom stereocenters. The van der Waals surface area contributed by atoms with Crippen molar-refractivity contribution in [2.75, 3.05) is 33.8 Å². The Morgan fingerprint density at radius 1 is 1.33 bits per heavy atom. The van der Waals surface area contributed by atoms with Crippen molar-refractivity contribution in [3.63, 3.8) is 0 Å². The van der Waals surface area contributed by atoms with Gasteiger partial charge in [-0.05, 0) is 14.0 Å². The number of ether oxygens (including phenoxy) is 1. The molecule has 0 saturated carbocycles. The summed E-state index contributed by atoms with van der Waals surface area (Å²) in [6.45, 7) is 4.56. The maximum atomic E-state index is 12.5. The van der Waals surface area contributed by atoms with E-state index in [4.69, 9.17) is 4.74 Å². The van der Waals surface area contributed by atoms with E-state index < -0.39 is 0 Å². The Hall–Kier alpha value is -2.09. The minimum Gasteiger partial charge on any atom is -0.481 e. The van der Waals surface area contributed by atoms with Crippen LogP contribution >= 0.6 is 0 Å². The average molecular weight is 335 g/mol.